The van der Waals surface area contributed by atoms with Crippen LogP contribution in [0.1, 0.15) is 41.2 Å². The van der Waals surface area contributed by atoms with Crippen LogP contribution in [0.15, 0.2) is 60.9 Å². The molecule has 1 fully saturated rings. The number of piperidine rings is 1. The Morgan fingerprint density at radius 2 is 2.00 bits per heavy atom. The summed E-state index contributed by atoms with van der Waals surface area (Å²) < 4.78 is 5.42. The number of benzene rings is 2. The number of aromatic nitrogens is 2. The summed E-state index contributed by atoms with van der Waals surface area (Å²) in [4.78, 5) is 22.9. The fraction of sp³-hybridized carbons (Fsp3) is 0.333. The van der Waals surface area contributed by atoms with Crippen LogP contribution in [-0.4, -0.2) is 54.1 Å². The van der Waals surface area contributed by atoms with Crippen molar-refractivity contribution in [1.29, 1.82) is 0 Å². The van der Waals surface area contributed by atoms with Crippen molar-refractivity contribution in [2.24, 2.45) is 0 Å². The van der Waals surface area contributed by atoms with Gasteiger partial charge in [-0.25, -0.2) is 0 Å². The first-order chi connectivity index (χ1) is 16.2. The van der Waals surface area contributed by atoms with E-state index in [1.165, 1.54) is 16.5 Å². The lowest BCUT2D eigenvalue weighted by molar-refractivity contribution is 0.0948. The van der Waals surface area contributed by atoms with E-state index in [4.69, 9.17) is 4.74 Å². The van der Waals surface area contributed by atoms with E-state index in [1.807, 2.05) is 36.4 Å². The molecule has 0 spiro atoms. The van der Waals surface area contributed by atoms with Crippen molar-refractivity contribution in [3.05, 3.63) is 72.2 Å². The number of carbonyl (C=O) groups is 1. The fourth-order valence-electron chi connectivity index (χ4n) is 4.94. The number of nitrogens with one attached hydrogen (secondary N) is 2. The topological polar surface area (TPSA) is 70.2 Å². The molecule has 0 radical (unpaired) electrons. The zero-order chi connectivity index (χ0) is 22.6. The SMILES string of the molecule is COc1ccc2[nH]cc(C3CCN(CCCNC(=O)c4nccc5ccccc45)CC3)c2c1. The zero-order valence-corrected chi connectivity index (χ0v) is 19.0. The molecule has 0 unspecified atom stereocenters. The molecule has 1 saturated heterocycles. The van der Waals surface area contributed by atoms with Gasteiger partial charge in [0.1, 0.15) is 11.4 Å². The molecule has 1 amide bonds. The minimum atomic E-state index is -0.0970. The van der Waals surface area contributed by atoms with Crippen molar-refractivity contribution in [1.82, 2.24) is 20.2 Å². The molecule has 170 valence electrons. The first kappa shape index (κ1) is 21.5. The second-order valence-electron chi connectivity index (χ2n) is 8.76. The van der Waals surface area contributed by atoms with Crippen LogP contribution in [0.4, 0.5) is 0 Å². The van der Waals surface area contributed by atoms with Crippen molar-refractivity contribution in [2.45, 2.75) is 25.2 Å². The zero-order valence-electron chi connectivity index (χ0n) is 19.0. The maximum absolute atomic E-state index is 12.6. The highest BCUT2D eigenvalue weighted by molar-refractivity contribution is 6.05. The Balaban J connectivity index is 1.10. The highest BCUT2D eigenvalue weighted by atomic mass is 16.5. The number of pyridine rings is 1. The minimum Gasteiger partial charge on any atom is -0.497 e. The summed E-state index contributed by atoms with van der Waals surface area (Å²) in [5.41, 5.74) is 3.08. The smallest absolute Gasteiger partial charge is 0.270 e. The van der Waals surface area contributed by atoms with Crippen LogP contribution in [0, 0.1) is 0 Å². The summed E-state index contributed by atoms with van der Waals surface area (Å²) in [7, 11) is 1.72. The van der Waals surface area contributed by atoms with Gasteiger partial charge < -0.3 is 19.9 Å². The Hall–Kier alpha value is -3.38. The molecule has 4 aromatic rings. The van der Waals surface area contributed by atoms with Gasteiger partial charge in [0, 0.05) is 35.2 Å². The van der Waals surface area contributed by atoms with Gasteiger partial charge in [-0.1, -0.05) is 24.3 Å². The van der Waals surface area contributed by atoms with E-state index in [0.717, 1.165) is 55.4 Å². The Morgan fingerprint density at radius 3 is 2.85 bits per heavy atom. The van der Waals surface area contributed by atoms with Crippen molar-refractivity contribution < 1.29 is 9.53 Å². The van der Waals surface area contributed by atoms with Crippen LogP contribution in [0.2, 0.25) is 0 Å². The summed E-state index contributed by atoms with van der Waals surface area (Å²) >= 11 is 0. The Kier molecular flexibility index (Phi) is 6.26. The standard InChI is InChI=1S/C27H30N4O2/c1-33-21-7-8-25-23(17-21)24(18-30-25)20-10-15-31(16-11-20)14-4-12-29-27(32)26-22-6-3-2-5-19(22)9-13-28-26/h2-3,5-9,13,17-18,20,30H,4,10-12,14-16H2,1H3,(H,29,32). The molecule has 2 aromatic carbocycles. The first-order valence-corrected chi connectivity index (χ1v) is 11.7. The molecule has 6 heteroatoms. The predicted molar refractivity (Wildman–Crippen MR) is 132 cm³/mol. The van der Waals surface area contributed by atoms with E-state index in [9.17, 15) is 4.79 Å². The third kappa shape index (κ3) is 4.57. The monoisotopic (exact) mass is 442 g/mol. The van der Waals surface area contributed by atoms with Crippen LogP contribution in [-0.2, 0) is 0 Å². The number of aromatic amines is 1. The van der Waals surface area contributed by atoms with Crippen LogP contribution in [0.5, 0.6) is 5.75 Å². The molecule has 0 atom stereocenters. The van der Waals surface area contributed by atoms with Gasteiger partial charge in [0.05, 0.1) is 7.11 Å². The Morgan fingerprint density at radius 1 is 1.15 bits per heavy atom. The van der Waals surface area contributed by atoms with Crippen molar-refractivity contribution in [2.75, 3.05) is 33.3 Å². The van der Waals surface area contributed by atoms with Gasteiger partial charge in [0.15, 0.2) is 0 Å². The lowest BCUT2D eigenvalue weighted by Crippen LogP contribution is -2.35. The molecule has 2 N–H and O–H groups in total. The minimum absolute atomic E-state index is 0.0970. The number of hydrogen-bond acceptors (Lipinski definition) is 4. The summed E-state index contributed by atoms with van der Waals surface area (Å²) in [6, 6.07) is 16.0. The number of fused-ring (bicyclic) bond motifs is 2. The van der Waals surface area contributed by atoms with Gasteiger partial charge >= 0.3 is 0 Å². The molecule has 5 rings (SSSR count). The van der Waals surface area contributed by atoms with Crippen molar-refractivity contribution in [3.8, 4) is 5.75 Å². The fourth-order valence-corrected chi connectivity index (χ4v) is 4.94. The second-order valence-corrected chi connectivity index (χ2v) is 8.76. The summed E-state index contributed by atoms with van der Waals surface area (Å²) in [6.45, 7) is 3.82. The first-order valence-electron chi connectivity index (χ1n) is 11.7. The molecule has 1 aliphatic rings. The van der Waals surface area contributed by atoms with E-state index in [1.54, 1.807) is 13.3 Å². The van der Waals surface area contributed by atoms with Gasteiger partial charge in [0.25, 0.3) is 5.91 Å². The van der Waals surface area contributed by atoms with E-state index in [2.05, 4.69) is 38.5 Å². The average Bonchev–Trinajstić information content (AvgIpc) is 3.29. The maximum Gasteiger partial charge on any atom is 0.270 e. The van der Waals surface area contributed by atoms with Crippen LogP contribution in [0.25, 0.3) is 21.7 Å². The van der Waals surface area contributed by atoms with Gasteiger partial charge in [-0.3, -0.25) is 9.78 Å². The number of H-pyrrole nitrogens is 1. The van der Waals surface area contributed by atoms with Crippen molar-refractivity contribution in [3.63, 3.8) is 0 Å². The number of nitrogens with zero attached hydrogens (tertiary/aromatic N) is 2. The third-order valence-electron chi connectivity index (χ3n) is 6.77. The van der Waals surface area contributed by atoms with Crippen LogP contribution < -0.4 is 10.1 Å². The van der Waals surface area contributed by atoms with Gasteiger partial charge in [-0.15, -0.1) is 0 Å². The normalized spacial score (nSPS) is 15.2. The number of likely N-dealkylation sites (tertiary alicyclic amines) is 1. The number of rotatable bonds is 7. The molecule has 1 aliphatic heterocycles. The van der Waals surface area contributed by atoms with E-state index >= 15 is 0 Å². The largest absolute Gasteiger partial charge is 0.497 e. The van der Waals surface area contributed by atoms with E-state index < -0.39 is 0 Å². The predicted octanol–water partition coefficient (Wildman–Crippen LogP) is 4.72. The second kappa shape index (κ2) is 9.63. The van der Waals surface area contributed by atoms with Crippen LogP contribution >= 0.6 is 0 Å². The number of hydrogen-bond donors (Lipinski definition) is 2. The molecular weight excluding hydrogens is 412 g/mol. The third-order valence-corrected chi connectivity index (χ3v) is 6.77. The highest BCUT2D eigenvalue weighted by Crippen LogP contribution is 2.34. The quantitative estimate of drug-likeness (QED) is 0.406. The maximum atomic E-state index is 12.6. The van der Waals surface area contributed by atoms with E-state index in [-0.39, 0.29) is 5.91 Å². The number of carbonyl (C=O) groups excluding carboxylic acids is 1. The Bertz CT molecular complexity index is 1250. The highest BCUT2D eigenvalue weighted by Gasteiger charge is 2.23. The molecule has 0 saturated carbocycles. The number of methoxy groups -OCH3 is 1. The van der Waals surface area contributed by atoms with E-state index in [0.29, 0.717) is 18.2 Å². The van der Waals surface area contributed by atoms with Gasteiger partial charge in [0.2, 0.25) is 0 Å². The molecular formula is C27H30N4O2. The number of amides is 1. The Labute approximate surface area is 194 Å². The molecule has 3 heterocycles. The van der Waals surface area contributed by atoms with Gasteiger partial charge in [-0.05, 0) is 80.0 Å². The molecule has 6 nitrogen and oxygen atoms in total. The summed E-state index contributed by atoms with van der Waals surface area (Å²) in [5.74, 6) is 1.38. The van der Waals surface area contributed by atoms with Gasteiger partial charge in [-0.2, -0.15) is 0 Å². The molecule has 0 bridgehead atoms. The number of ether oxygens (including phenoxy) is 1. The lowest BCUT2D eigenvalue weighted by atomic mass is 9.89. The molecule has 0 aliphatic carbocycles. The molecule has 33 heavy (non-hydrogen) atoms. The average molecular weight is 443 g/mol. The van der Waals surface area contributed by atoms with Crippen molar-refractivity contribution >= 4 is 27.6 Å². The summed E-state index contributed by atoms with van der Waals surface area (Å²) in [6.07, 6.45) is 7.10. The van der Waals surface area contributed by atoms with Crippen LogP contribution in [0.3, 0.4) is 0 Å². The lowest BCUT2D eigenvalue weighted by Gasteiger charge is -2.32. The summed E-state index contributed by atoms with van der Waals surface area (Å²) in [5, 5.41) is 6.26. The molecule has 2 aromatic heterocycles.